The lowest BCUT2D eigenvalue weighted by molar-refractivity contribution is 0.443. The van der Waals surface area contributed by atoms with E-state index < -0.39 is 0 Å². The van der Waals surface area contributed by atoms with E-state index in [4.69, 9.17) is 10.2 Å². The molecule has 0 unspecified atom stereocenters. The van der Waals surface area contributed by atoms with Gasteiger partial charge in [0, 0.05) is 5.56 Å². The van der Waals surface area contributed by atoms with Gasteiger partial charge in [0.15, 0.2) is 0 Å². The van der Waals surface area contributed by atoms with E-state index in [1.54, 1.807) is 0 Å². The van der Waals surface area contributed by atoms with Crippen LogP contribution in [0, 0.1) is 0 Å². The zero-order valence-corrected chi connectivity index (χ0v) is 10.3. The van der Waals surface area contributed by atoms with E-state index in [-0.39, 0.29) is 6.01 Å². The number of hydrogen-bond acceptors (Lipinski definition) is 4. The van der Waals surface area contributed by atoms with E-state index in [1.165, 1.54) is 37.7 Å². The molecule has 1 aliphatic rings. The lowest BCUT2D eigenvalue weighted by Gasteiger charge is -2.21. The van der Waals surface area contributed by atoms with Crippen molar-refractivity contribution in [3.63, 3.8) is 0 Å². The smallest absolute Gasteiger partial charge is 0.313 e. The Labute approximate surface area is 106 Å². The van der Waals surface area contributed by atoms with Crippen LogP contribution in [0.1, 0.15) is 43.6 Å². The standard InChI is InChI=1S/C14H17N3O/c15-14-17-16-13(18-14)12-8-6-11(7-9-12)10-4-2-1-3-5-10/h6-10H,1-5H2,(H2,15,17). The molecule has 0 atom stereocenters. The van der Waals surface area contributed by atoms with Crippen LogP contribution in [0.25, 0.3) is 11.5 Å². The average Bonchev–Trinajstić information content (AvgIpc) is 2.87. The van der Waals surface area contributed by atoms with Crippen LogP contribution in [0.3, 0.4) is 0 Å². The lowest BCUT2D eigenvalue weighted by Crippen LogP contribution is -2.04. The molecule has 0 saturated heterocycles. The van der Waals surface area contributed by atoms with Crippen molar-refractivity contribution in [2.75, 3.05) is 5.73 Å². The largest absolute Gasteiger partial charge is 0.404 e. The molecule has 1 saturated carbocycles. The van der Waals surface area contributed by atoms with E-state index in [0.717, 1.165) is 11.5 Å². The van der Waals surface area contributed by atoms with Gasteiger partial charge in [-0.05, 0) is 36.5 Å². The fourth-order valence-electron chi connectivity index (χ4n) is 2.69. The minimum absolute atomic E-state index is 0.112. The van der Waals surface area contributed by atoms with Gasteiger partial charge in [-0.3, -0.25) is 0 Å². The van der Waals surface area contributed by atoms with Crippen molar-refractivity contribution in [1.29, 1.82) is 0 Å². The van der Waals surface area contributed by atoms with Crippen molar-refractivity contribution in [3.05, 3.63) is 29.8 Å². The minimum Gasteiger partial charge on any atom is -0.404 e. The van der Waals surface area contributed by atoms with Gasteiger partial charge in [0.2, 0.25) is 5.89 Å². The first-order valence-corrected chi connectivity index (χ1v) is 6.52. The Hall–Kier alpha value is -1.84. The predicted octanol–water partition coefficient (Wildman–Crippen LogP) is 3.37. The van der Waals surface area contributed by atoms with E-state index in [2.05, 4.69) is 22.3 Å². The molecule has 1 aromatic heterocycles. The highest BCUT2D eigenvalue weighted by Gasteiger charge is 2.15. The summed E-state index contributed by atoms with van der Waals surface area (Å²) in [5.74, 6) is 1.21. The maximum atomic E-state index is 5.42. The van der Waals surface area contributed by atoms with Crippen molar-refractivity contribution in [3.8, 4) is 11.5 Å². The molecule has 4 nitrogen and oxygen atoms in total. The van der Waals surface area contributed by atoms with Crippen LogP contribution in [0.15, 0.2) is 28.7 Å². The molecule has 1 heterocycles. The topological polar surface area (TPSA) is 64.9 Å². The molecular formula is C14H17N3O. The molecule has 0 aliphatic heterocycles. The average molecular weight is 243 g/mol. The van der Waals surface area contributed by atoms with Gasteiger partial charge < -0.3 is 10.2 Å². The van der Waals surface area contributed by atoms with Gasteiger partial charge in [-0.1, -0.05) is 36.5 Å². The molecule has 2 N–H and O–H groups in total. The van der Waals surface area contributed by atoms with Crippen LogP contribution in [-0.2, 0) is 0 Å². The SMILES string of the molecule is Nc1nnc(-c2ccc(C3CCCCC3)cc2)o1. The fourth-order valence-corrected chi connectivity index (χ4v) is 2.69. The van der Waals surface area contributed by atoms with Crippen molar-refractivity contribution < 1.29 is 4.42 Å². The molecule has 0 amide bonds. The number of rotatable bonds is 2. The first kappa shape index (κ1) is 11.3. The first-order valence-electron chi connectivity index (χ1n) is 6.52. The maximum absolute atomic E-state index is 5.42. The summed E-state index contributed by atoms with van der Waals surface area (Å²) in [4.78, 5) is 0. The highest BCUT2D eigenvalue weighted by molar-refractivity contribution is 5.54. The summed E-state index contributed by atoms with van der Waals surface area (Å²) in [5, 5.41) is 7.55. The van der Waals surface area contributed by atoms with Gasteiger partial charge in [0.25, 0.3) is 0 Å². The Morgan fingerprint density at radius 3 is 2.33 bits per heavy atom. The van der Waals surface area contributed by atoms with Crippen LogP contribution in [0.5, 0.6) is 0 Å². The Kier molecular flexibility index (Phi) is 3.00. The van der Waals surface area contributed by atoms with Gasteiger partial charge >= 0.3 is 6.01 Å². The number of anilines is 1. The molecule has 18 heavy (non-hydrogen) atoms. The van der Waals surface area contributed by atoms with E-state index in [1.807, 2.05) is 12.1 Å². The second-order valence-electron chi connectivity index (χ2n) is 4.90. The highest BCUT2D eigenvalue weighted by atomic mass is 16.4. The molecule has 0 bridgehead atoms. The van der Waals surface area contributed by atoms with Crippen molar-refractivity contribution >= 4 is 6.01 Å². The number of nitrogen functional groups attached to an aromatic ring is 1. The van der Waals surface area contributed by atoms with Crippen LogP contribution in [0.4, 0.5) is 6.01 Å². The zero-order valence-electron chi connectivity index (χ0n) is 10.3. The molecule has 4 heteroatoms. The van der Waals surface area contributed by atoms with Crippen molar-refractivity contribution in [1.82, 2.24) is 10.2 Å². The van der Waals surface area contributed by atoms with E-state index in [0.29, 0.717) is 5.89 Å². The second kappa shape index (κ2) is 4.80. The van der Waals surface area contributed by atoms with Crippen LogP contribution in [-0.4, -0.2) is 10.2 Å². The summed E-state index contributed by atoms with van der Waals surface area (Å²) in [6.45, 7) is 0. The minimum atomic E-state index is 0.112. The van der Waals surface area contributed by atoms with Gasteiger partial charge in [-0.2, -0.15) is 0 Å². The third-order valence-corrected chi connectivity index (χ3v) is 3.67. The summed E-state index contributed by atoms with van der Waals surface area (Å²) < 4.78 is 5.21. The lowest BCUT2D eigenvalue weighted by atomic mass is 9.84. The molecule has 3 rings (SSSR count). The van der Waals surface area contributed by atoms with Gasteiger partial charge in [0.1, 0.15) is 0 Å². The van der Waals surface area contributed by atoms with Crippen molar-refractivity contribution in [2.24, 2.45) is 0 Å². The summed E-state index contributed by atoms with van der Waals surface area (Å²) in [6.07, 6.45) is 6.72. The number of hydrogen-bond donors (Lipinski definition) is 1. The second-order valence-corrected chi connectivity index (χ2v) is 4.90. The molecule has 0 radical (unpaired) electrons. The number of benzene rings is 1. The van der Waals surface area contributed by atoms with Gasteiger partial charge in [-0.15, -0.1) is 5.10 Å². The Morgan fingerprint density at radius 1 is 1.00 bits per heavy atom. The number of aromatic nitrogens is 2. The van der Waals surface area contributed by atoms with Crippen LogP contribution in [0.2, 0.25) is 0 Å². The number of nitrogens with two attached hydrogens (primary N) is 1. The van der Waals surface area contributed by atoms with Crippen molar-refractivity contribution in [2.45, 2.75) is 38.0 Å². The number of nitrogens with zero attached hydrogens (tertiary/aromatic N) is 2. The van der Waals surface area contributed by atoms with Crippen LogP contribution < -0.4 is 5.73 Å². The Balaban J connectivity index is 1.80. The summed E-state index contributed by atoms with van der Waals surface area (Å²) in [5.41, 5.74) is 7.77. The zero-order chi connectivity index (χ0) is 12.4. The molecule has 94 valence electrons. The third kappa shape index (κ3) is 2.23. The normalized spacial score (nSPS) is 16.9. The summed E-state index contributed by atoms with van der Waals surface area (Å²) in [7, 11) is 0. The summed E-state index contributed by atoms with van der Waals surface area (Å²) in [6, 6.07) is 8.53. The summed E-state index contributed by atoms with van der Waals surface area (Å²) >= 11 is 0. The molecule has 2 aromatic rings. The van der Waals surface area contributed by atoms with E-state index >= 15 is 0 Å². The maximum Gasteiger partial charge on any atom is 0.313 e. The monoisotopic (exact) mass is 243 g/mol. The molecule has 0 spiro atoms. The predicted molar refractivity (Wildman–Crippen MR) is 70.0 cm³/mol. The van der Waals surface area contributed by atoms with Gasteiger partial charge in [-0.25, -0.2) is 0 Å². The quantitative estimate of drug-likeness (QED) is 0.878. The Bertz CT molecular complexity index is 512. The van der Waals surface area contributed by atoms with E-state index in [9.17, 15) is 0 Å². The first-order chi connectivity index (χ1) is 8.83. The molecule has 1 fully saturated rings. The fraction of sp³-hybridized carbons (Fsp3) is 0.429. The van der Waals surface area contributed by atoms with Gasteiger partial charge in [0.05, 0.1) is 0 Å². The highest BCUT2D eigenvalue weighted by Crippen LogP contribution is 2.33. The molecular weight excluding hydrogens is 226 g/mol. The third-order valence-electron chi connectivity index (χ3n) is 3.67. The Morgan fingerprint density at radius 2 is 1.72 bits per heavy atom. The molecule has 1 aromatic carbocycles. The molecule has 1 aliphatic carbocycles. The van der Waals surface area contributed by atoms with Crippen LogP contribution >= 0.6 is 0 Å².